The molecule has 5 heteroatoms. The molecular weight excluding hydrogens is 234 g/mol. The van der Waals surface area contributed by atoms with E-state index in [0.29, 0.717) is 13.0 Å². The summed E-state index contributed by atoms with van der Waals surface area (Å²) < 4.78 is 11.1. The fraction of sp³-hybridized carbons (Fsp3) is 0.846. The zero-order valence-corrected chi connectivity index (χ0v) is 11.4. The number of ether oxygens (including phenoxy) is 2. The molecule has 0 aliphatic carbocycles. The molecule has 0 unspecified atom stereocenters. The highest BCUT2D eigenvalue weighted by Gasteiger charge is 2.36. The molecule has 104 valence electrons. The molecule has 1 rings (SSSR count). The van der Waals surface area contributed by atoms with Crippen LogP contribution >= 0.6 is 0 Å². The number of carbonyl (C=O) groups excluding carboxylic acids is 2. The monoisotopic (exact) mass is 257 g/mol. The molecule has 1 N–H and O–H groups in total. The number of hydrogen-bond donors (Lipinski definition) is 1. The molecule has 0 aromatic heterocycles. The van der Waals surface area contributed by atoms with Gasteiger partial charge in [-0.05, 0) is 20.3 Å². The van der Waals surface area contributed by atoms with E-state index in [1.807, 2.05) is 0 Å². The highest BCUT2D eigenvalue weighted by atomic mass is 16.7. The minimum atomic E-state index is -0.807. The summed E-state index contributed by atoms with van der Waals surface area (Å²) in [7, 11) is 0. The Morgan fingerprint density at radius 3 is 2.78 bits per heavy atom. The molecule has 1 aliphatic rings. The van der Waals surface area contributed by atoms with E-state index in [2.05, 4.69) is 12.2 Å². The smallest absolute Gasteiger partial charge is 0.222 e. The first-order valence-electron chi connectivity index (χ1n) is 6.54. The van der Waals surface area contributed by atoms with Crippen molar-refractivity contribution in [1.29, 1.82) is 0 Å². The fourth-order valence-electron chi connectivity index (χ4n) is 2.04. The van der Waals surface area contributed by atoms with Crippen LogP contribution in [0.15, 0.2) is 0 Å². The average Bonchev–Trinajstić information content (AvgIpc) is 2.27. The van der Waals surface area contributed by atoms with E-state index >= 15 is 0 Å². The lowest BCUT2D eigenvalue weighted by Crippen LogP contribution is -2.46. The van der Waals surface area contributed by atoms with Gasteiger partial charge in [0.05, 0.1) is 12.5 Å². The summed E-state index contributed by atoms with van der Waals surface area (Å²) in [5.74, 6) is -0.839. The number of hydrogen-bond acceptors (Lipinski definition) is 4. The summed E-state index contributed by atoms with van der Waals surface area (Å²) in [4.78, 5) is 22.5. The number of carbonyl (C=O) groups is 2. The van der Waals surface area contributed by atoms with E-state index in [-0.39, 0.29) is 18.4 Å². The van der Waals surface area contributed by atoms with Gasteiger partial charge in [-0.3, -0.25) is 4.79 Å². The van der Waals surface area contributed by atoms with Crippen LogP contribution in [0, 0.1) is 0 Å². The number of rotatable bonds is 6. The van der Waals surface area contributed by atoms with E-state index in [4.69, 9.17) is 9.47 Å². The highest BCUT2D eigenvalue weighted by molar-refractivity contribution is 5.76. The van der Waals surface area contributed by atoms with Gasteiger partial charge in [0.2, 0.25) is 5.91 Å². The van der Waals surface area contributed by atoms with Gasteiger partial charge < -0.3 is 19.6 Å². The first-order valence-corrected chi connectivity index (χ1v) is 6.54. The van der Waals surface area contributed by atoms with Crippen molar-refractivity contribution in [1.82, 2.24) is 5.32 Å². The zero-order valence-electron chi connectivity index (χ0n) is 11.4. The highest BCUT2D eigenvalue weighted by Crippen LogP contribution is 2.27. The molecule has 1 aliphatic heterocycles. The Balaban J connectivity index is 2.40. The van der Waals surface area contributed by atoms with Crippen LogP contribution in [-0.4, -0.2) is 36.7 Å². The minimum absolute atomic E-state index is 0.0317. The first-order chi connectivity index (χ1) is 8.46. The Kier molecular flexibility index (Phi) is 5.75. The van der Waals surface area contributed by atoms with Gasteiger partial charge in [0.1, 0.15) is 12.4 Å². The second-order valence-corrected chi connectivity index (χ2v) is 5.08. The maximum atomic E-state index is 11.7. The third-order valence-electron chi connectivity index (χ3n) is 2.80. The summed E-state index contributed by atoms with van der Waals surface area (Å²) in [5, 5.41) is 2.84. The Morgan fingerprint density at radius 1 is 1.44 bits per heavy atom. The average molecular weight is 257 g/mol. The minimum Gasteiger partial charge on any atom is -0.356 e. The van der Waals surface area contributed by atoms with Crippen LogP contribution in [0.4, 0.5) is 0 Å². The standard InChI is InChI=1S/C13H23NO4/c1-4-5-6-14-12(16)8-10-7-11(9-15)18-13(2,3)17-10/h9-11H,4-8H2,1-3H3,(H,14,16)/t10-,11-/m1/s1. The predicted molar refractivity (Wildman–Crippen MR) is 67.0 cm³/mol. The molecule has 1 fully saturated rings. The second-order valence-electron chi connectivity index (χ2n) is 5.08. The molecule has 1 amide bonds. The SMILES string of the molecule is CCCCNC(=O)C[C@H]1C[C@H](C=O)OC(C)(C)O1. The fourth-order valence-corrected chi connectivity index (χ4v) is 2.04. The van der Waals surface area contributed by atoms with E-state index < -0.39 is 11.9 Å². The van der Waals surface area contributed by atoms with Gasteiger partial charge in [0, 0.05) is 13.0 Å². The molecule has 18 heavy (non-hydrogen) atoms. The van der Waals surface area contributed by atoms with Crippen molar-refractivity contribution in [3.8, 4) is 0 Å². The topological polar surface area (TPSA) is 64.6 Å². The van der Waals surface area contributed by atoms with E-state index in [0.717, 1.165) is 19.1 Å². The normalized spacial score (nSPS) is 26.6. The van der Waals surface area contributed by atoms with E-state index in [1.54, 1.807) is 13.8 Å². The summed E-state index contributed by atoms with van der Waals surface area (Å²) in [6.07, 6.45) is 2.77. The maximum absolute atomic E-state index is 11.7. The molecule has 0 saturated carbocycles. The number of aldehydes is 1. The van der Waals surface area contributed by atoms with Crippen LogP contribution in [0.25, 0.3) is 0 Å². The molecule has 2 atom stereocenters. The Bertz CT molecular complexity index is 291. The van der Waals surface area contributed by atoms with Crippen molar-refractivity contribution in [2.24, 2.45) is 0 Å². The van der Waals surface area contributed by atoms with Gasteiger partial charge in [0.15, 0.2) is 5.79 Å². The van der Waals surface area contributed by atoms with Crippen LogP contribution in [0.1, 0.15) is 46.5 Å². The Labute approximate surface area is 108 Å². The Hall–Kier alpha value is -0.940. The molecule has 1 heterocycles. The van der Waals surface area contributed by atoms with Crippen molar-refractivity contribution in [3.05, 3.63) is 0 Å². The van der Waals surface area contributed by atoms with Crippen LogP contribution in [0.5, 0.6) is 0 Å². The first kappa shape index (κ1) is 15.1. The summed E-state index contributed by atoms with van der Waals surface area (Å²) in [5.41, 5.74) is 0. The number of nitrogens with one attached hydrogen (secondary N) is 1. The molecule has 0 bridgehead atoms. The van der Waals surface area contributed by atoms with Gasteiger partial charge in [-0.15, -0.1) is 0 Å². The van der Waals surface area contributed by atoms with Gasteiger partial charge in [-0.2, -0.15) is 0 Å². The lowest BCUT2D eigenvalue weighted by atomic mass is 10.1. The molecule has 0 aromatic carbocycles. The lowest BCUT2D eigenvalue weighted by Gasteiger charge is -2.38. The van der Waals surface area contributed by atoms with Crippen LogP contribution in [0.3, 0.4) is 0 Å². The van der Waals surface area contributed by atoms with Crippen LogP contribution in [0.2, 0.25) is 0 Å². The summed E-state index contributed by atoms with van der Waals surface area (Å²) in [6.45, 7) is 6.28. The van der Waals surface area contributed by atoms with Crippen molar-refractivity contribution in [2.75, 3.05) is 6.54 Å². The molecule has 5 nitrogen and oxygen atoms in total. The zero-order chi connectivity index (χ0) is 13.6. The third-order valence-corrected chi connectivity index (χ3v) is 2.80. The lowest BCUT2D eigenvalue weighted by molar-refractivity contribution is -0.290. The van der Waals surface area contributed by atoms with E-state index in [1.165, 1.54) is 0 Å². The molecule has 1 saturated heterocycles. The van der Waals surface area contributed by atoms with E-state index in [9.17, 15) is 9.59 Å². The molecule has 0 aromatic rings. The molecule has 0 spiro atoms. The van der Waals surface area contributed by atoms with Crippen molar-refractivity contribution >= 4 is 12.2 Å². The third kappa shape index (κ3) is 5.14. The number of amides is 1. The summed E-state index contributed by atoms with van der Waals surface area (Å²) >= 11 is 0. The number of unbranched alkanes of at least 4 members (excludes halogenated alkanes) is 1. The van der Waals surface area contributed by atoms with Gasteiger partial charge >= 0.3 is 0 Å². The summed E-state index contributed by atoms with van der Waals surface area (Å²) in [6, 6.07) is 0. The molecule has 0 radical (unpaired) electrons. The van der Waals surface area contributed by atoms with Gasteiger partial charge in [0.25, 0.3) is 0 Å². The van der Waals surface area contributed by atoms with Crippen LogP contribution < -0.4 is 5.32 Å². The molecular formula is C13H23NO4. The predicted octanol–water partition coefficient (Wildman–Crippen LogP) is 1.40. The largest absolute Gasteiger partial charge is 0.356 e. The van der Waals surface area contributed by atoms with Gasteiger partial charge in [-0.25, -0.2) is 0 Å². The van der Waals surface area contributed by atoms with Crippen molar-refractivity contribution in [3.63, 3.8) is 0 Å². The van der Waals surface area contributed by atoms with Crippen molar-refractivity contribution in [2.45, 2.75) is 64.4 Å². The maximum Gasteiger partial charge on any atom is 0.222 e. The second kappa shape index (κ2) is 6.85. The Morgan fingerprint density at radius 2 is 2.17 bits per heavy atom. The van der Waals surface area contributed by atoms with Gasteiger partial charge in [-0.1, -0.05) is 13.3 Å². The quantitative estimate of drug-likeness (QED) is 0.577. The van der Waals surface area contributed by atoms with Crippen LogP contribution in [-0.2, 0) is 19.1 Å². The van der Waals surface area contributed by atoms with Crippen molar-refractivity contribution < 1.29 is 19.1 Å².